The molecule has 0 saturated heterocycles. The summed E-state index contributed by atoms with van der Waals surface area (Å²) in [6, 6.07) is 12.0. The van der Waals surface area contributed by atoms with Gasteiger partial charge < -0.3 is 22.3 Å². The van der Waals surface area contributed by atoms with Crippen LogP contribution in [-0.2, 0) is 6.42 Å². The molecule has 5 heteroatoms. The average molecular weight is 273 g/mol. The Morgan fingerprint density at radius 1 is 1.00 bits per heavy atom. The van der Waals surface area contributed by atoms with Gasteiger partial charge >= 0.3 is 5.97 Å². The molecule has 0 bridgehead atoms. The molecule has 0 aliphatic carbocycles. The second kappa shape index (κ2) is 7.04. The monoisotopic (exact) mass is 273 g/mol. The molecule has 0 aliphatic heterocycles. The molecule has 2 rings (SSSR count). The number of benzene rings is 2. The van der Waals surface area contributed by atoms with Crippen LogP contribution in [0.4, 0.5) is 17.1 Å². The molecule has 0 radical (unpaired) electrons. The van der Waals surface area contributed by atoms with Gasteiger partial charge in [0.25, 0.3) is 0 Å². The first-order valence-corrected chi connectivity index (χ1v) is 6.17. The van der Waals surface area contributed by atoms with Gasteiger partial charge in [0.15, 0.2) is 0 Å². The van der Waals surface area contributed by atoms with Gasteiger partial charge in [0.2, 0.25) is 0 Å². The predicted octanol–water partition coefficient (Wildman–Crippen LogP) is 2.38. The van der Waals surface area contributed by atoms with Crippen molar-refractivity contribution in [1.29, 1.82) is 0 Å². The summed E-state index contributed by atoms with van der Waals surface area (Å²) in [7, 11) is 0. The quantitative estimate of drug-likeness (QED) is 0.627. The van der Waals surface area contributed by atoms with E-state index in [1.165, 1.54) is 6.07 Å². The van der Waals surface area contributed by atoms with E-state index in [1.807, 2.05) is 19.1 Å². The van der Waals surface area contributed by atoms with Gasteiger partial charge in [0, 0.05) is 5.69 Å². The van der Waals surface area contributed by atoms with Crippen LogP contribution in [0.2, 0.25) is 0 Å². The SMILES string of the molecule is CCc1cc(C(=O)O)ccc1N.Nc1ccccc1N. The second-order valence-electron chi connectivity index (χ2n) is 4.20. The third-order valence-electron chi connectivity index (χ3n) is 2.77. The molecule has 5 nitrogen and oxygen atoms in total. The Morgan fingerprint density at radius 3 is 1.95 bits per heavy atom. The maximum atomic E-state index is 10.5. The molecule has 0 aromatic heterocycles. The number of rotatable bonds is 2. The topological polar surface area (TPSA) is 115 Å². The van der Waals surface area contributed by atoms with Gasteiger partial charge in [0.1, 0.15) is 0 Å². The van der Waals surface area contributed by atoms with Crippen LogP contribution >= 0.6 is 0 Å². The lowest BCUT2D eigenvalue weighted by atomic mass is 10.1. The minimum Gasteiger partial charge on any atom is -0.478 e. The lowest BCUT2D eigenvalue weighted by Crippen LogP contribution is -2.00. The van der Waals surface area contributed by atoms with E-state index in [4.69, 9.17) is 22.3 Å². The van der Waals surface area contributed by atoms with E-state index >= 15 is 0 Å². The van der Waals surface area contributed by atoms with E-state index in [2.05, 4.69) is 0 Å². The molecule has 0 atom stereocenters. The standard InChI is InChI=1S/C9H11NO2.C6H8N2/c1-2-6-5-7(9(11)12)3-4-8(6)10;7-5-3-1-2-4-6(5)8/h3-5H,2,10H2,1H3,(H,11,12);1-4H,7-8H2. The minimum atomic E-state index is -0.912. The van der Waals surface area contributed by atoms with Gasteiger partial charge in [-0.1, -0.05) is 19.1 Å². The molecule has 2 aromatic carbocycles. The van der Waals surface area contributed by atoms with Crippen LogP contribution in [0.15, 0.2) is 42.5 Å². The molecule has 2 aromatic rings. The first kappa shape index (κ1) is 15.4. The van der Waals surface area contributed by atoms with E-state index in [1.54, 1.807) is 24.3 Å². The Labute approximate surface area is 118 Å². The molecular weight excluding hydrogens is 254 g/mol. The molecule has 106 valence electrons. The number of nitrogen functional groups attached to an aromatic ring is 3. The van der Waals surface area contributed by atoms with E-state index in [-0.39, 0.29) is 0 Å². The number of carboxylic acids is 1. The summed E-state index contributed by atoms with van der Waals surface area (Å²) in [6.45, 7) is 1.94. The Hall–Kier alpha value is -2.69. The highest BCUT2D eigenvalue weighted by molar-refractivity contribution is 5.88. The number of aromatic carboxylic acids is 1. The highest BCUT2D eigenvalue weighted by Crippen LogP contribution is 2.14. The molecule has 0 unspecified atom stereocenters. The van der Waals surface area contributed by atoms with E-state index in [9.17, 15) is 4.79 Å². The summed E-state index contributed by atoms with van der Waals surface area (Å²) in [5.41, 5.74) is 19.5. The van der Waals surface area contributed by atoms with E-state index < -0.39 is 5.97 Å². The zero-order valence-electron chi connectivity index (χ0n) is 11.3. The first-order valence-electron chi connectivity index (χ1n) is 6.17. The minimum absolute atomic E-state index is 0.293. The van der Waals surface area contributed by atoms with Gasteiger partial charge in [-0.15, -0.1) is 0 Å². The second-order valence-corrected chi connectivity index (χ2v) is 4.20. The fraction of sp³-hybridized carbons (Fsp3) is 0.133. The van der Waals surface area contributed by atoms with Crippen LogP contribution in [0, 0.1) is 0 Å². The van der Waals surface area contributed by atoms with Crippen molar-refractivity contribution in [3.05, 3.63) is 53.6 Å². The molecule has 0 fully saturated rings. The maximum Gasteiger partial charge on any atom is 0.335 e. The Kier molecular flexibility index (Phi) is 5.41. The fourth-order valence-corrected chi connectivity index (χ4v) is 1.56. The zero-order chi connectivity index (χ0) is 15.1. The summed E-state index contributed by atoms with van der Waals surface area (Å²) in [4.78, 5) is 10.5. The molecule has 0 amide bonds. The Morgan fingerprint density at radius 2 is 1.55 bits per heavy atom. The number of para-hydroxylation sites is 2. The van der Waals surface area contributed by atoms with Crippen molar-refractivity contribution in [3.8, 4) is 0 Å². The van der Waals surface area contributed by atoms with Crippen LogP contribution < -0.4 is 17.2 Å². The normalized spacial score (nSPS) is 9.45. The van der Waals surface area contributed by atoms with Crippen molar-refractivity contribution in [2.24, 2.45) is 0 Å². The van der Waals surface area contributed by atoms with Crippen molar-refractivity contribution in [3.63, 3.8) is 0 Å². The number of nitrogens with two attached hydrogens (primary N) is 3. The summed E-state index contributed by atoms with van der Waals surface area (Å²) in [5, 5.41) is 8.65. The van der Waals surface area contributed by atoms with Crippen LogP contribution in [0.1, 0.15) is 22.8 Å². The van der Waals surface area contributed by atoms with Crippen LogP contribution in [-0.4, -0.2) is 11.1 Å². The van der Waals surface area contributed by atoms with Crippen LogP contribution in [0.25, 0.3) is 0 Å². The number of anilines is 3. The lowest BCUT2D eigenvalue weighted by molar-refractivity contribution is 0.0697. The molecule has 0 saturated carbocycles. The van der Waals surface area contributed by atoms with E-state index in [0.29, 0.717) is 22.6 Å². The highest BCUT2D eigenvalue weighted by atomic mass is 16.4. The predicted molar refractivity (Wildman–Crippen MR) is 82.5 cm³/mol. The highest BCUT2D eigenvalue weighted by Gasteiger charge is 2.04. The van der Waals surface area contributed by atoms with Gasteiger partial charge in [0.05, 0.1) is 16.9 Å². The van der Waals surface area contributed by atoms with Gasteiger partial charge in [-0.05, 0) is 42.3 Å². The third kappa shape index (κ3) is 4.20. The van der Waals surface area contributed by atoms with Gasteiger partial charge in [-0.3, -0.25) is 0 Å². The summed E-state index contributed by atoms with van der Waals surface area (Å²) in [6.07, 6.45) is 0.757. The summed E-state index contributed by atoms with van der Waals surface area (Å²) < 4.78 is 0. The molecule has 0 heterocycles. The maximum absolute atomic E-state index is 10.5. The molecule has 20 heavy (non-hydrogen) atoms. The van der Waals surface area contributed by atoms with E-state index in [0.717, 1.165) is 12.0 Å². The number of carbonyl (C=O) groups is 1. The van der Waals surface area contributed by atoms with Gasteiger partial charge in [-0.2, -0.15) is 0 Å². The van der Waals surface area contributed by atoms with Crippen molar-refractivity contribution in [1.82, 2.24) is 0 Å². The van der Waals surface area contributed by atoms with Crippen molar-refractivity contribution in [2.45, 2.75) is 13.3 Å². The van der Waals surface area contributed by atoms with Crippen molar-refractivity contribution in [2.75, 3.05) is 17.2 Å². The fourth-order valence-electron chi connectivity index (χ4n) is 1.56. The number of hydrogen-bond donors (Lipinski definition) is 4. The summed E-state index contributed by atoms with van der Waals surface area (Å²) in [5.74, 6) is -0.912. The molecule has 7 N–H and O–H groups in total. The third-order valence-corrected chi connectivity index (χ3v) is 2.77. The Balaban J connectivity index is 0.000000217. The molecule has 0 spiro atoms. The van der Waals surface area contributed by atoms with Crippen LogP contribution in [0.5, 0.6) is 0 Å². The Bertz CT molecular complexity index is 576. The number of hydrogen-bond acceptors (Lipinski definition) is 4. The van der Waals surface area contributed by atoms with Crippen molar-refractivity contribution < 1.29 is 9.90 Å². The zero-order valence-corrected chi connectivity index (χ0v) is 11.3. The lowest BCUT2D eigenvalue weighted by Gasteiger charge is -2.02. The molecular formula is C15H19N3O2. The van der Waals surface area contributed by atoms with Gasteiger partial charge in [-0.25, -0.2) is 4.79 Å². The van der Waals surface area contributed by atoms with Crippen molar-refractivity contribution >= 4 is 23.0 Å². The summed E-state index contributed by atoms with van der Waals surface area (Å²) >= 11 is 0. The smallest absolute Gasteiger partial charge is 0.335 e. The largest absolute Gasteiger partial charge is 0.478 e. The number of aryl methyl sites for hydroxylation is 1. The number of carboxylic acid groups (broad SMARTS) is 1. The van der Waals surface area contributed by atoms with Crippen LogP contribution in [0.3, 0.4) is 0 Å². The first-order chi connectivity index (χ1) is 9.45. The molecule has 0 aliphatic rings. The average Bonchev–Trinajstić information content (AvgIpc) is 2.43.